The van der Waals surface area contributed by atoms with Gasteiger partial charge in [0.1, 0.15) is 24.4 Å². The van der Waals surface area contributed by atoms with Crippen LogP contribution in [0.2, 0.25) is 0 Å². The van der Waals surface area contributed by atoms with Crippen molar-refractivity contribution >= 4 is 11.8 Å². The number of nitrogens with zero attached hydrogens (tertiary/aromatic N) is 1. The van der Waals surface area contributed by atoms with Gasteiger partial charge in [0.15, 0.2) is 6.29 Å². The van der Waals surface area contributed by atoms with E-state index in [4.69, 9.17) is 14.6 Å². The maximum atomic E-state index is 12.6. The summed E-state index contributed by atoms with van der Waals surface area (Å²) in [7, 11) is 0. The van der Waals surface area contributed by atoms with Crippen molar-refractivity contribution in [1.29, 1.82) is 0 Å². The monoisotopic (exact) mass is 369 g/mol. The normalized spacial score (nSPS) is 47.1. The molecule has 2 amide bonds. The van der Waals surface area contributed by atoms with Crippen molar-refractivity contribution < 1.29 is 39.5 Å². The van der Waals surface area contributed by atoms with E-state index in [9.17, 15) is 24.9 Å². The second-order valence-corrected chi connectivity index (χ2v) is 7.40. The third-order valence-electron chi connectivity index (χ3n) is 6.01. The maximum Gasteiger partial charge on any atom is 0.233 e. The van der Waals surface area contributed by atoms with Crippen LogP contribution in [0.3, 0.4) is 0 Å². The molecule has 3 fully saturated rings. The Morgan fingerprint density at radius 3 is 2.23 bits per heavy atom. The Morgan fingerprint density at radius 1 is 1.04 bits per heavy atom. The highest BCUT2D eigenvalue weighted by atomic mass is 16.7. The number of carbonyl (C=O) groups is 2. The number of likely N-dealkylation sites (tertiary alicyclic amines) is 1. The van der Waals surface area contributed by atoms with Gasteiger partial charge in [-0.25, -0.2) is 0 Å². The molecule has 9 heteroatoms. The highest BCUT2D eigenvalue weighted by Crippen LogP contribution is 2.52. The lowest BCUT2D eigenvalue weighted by atomic mass is 9.85. The molecule has 26 heavy (non-hydrogen) atoms. The molecule has 4 aliphatic rings. The van der Waals surface area contributed by atoms with Crippen molar-refractivity contribution in [3.05, 3.63) is 12.2 Å². The first-order valence-corrected chi connectivity index (χ1v) is 8.89. The van der Waals surface area contributed by atoms with Crippen molar-refractivity contribution in [2.75, 3.05) is 19.8 Å². The lowest BCUT2D eigenvalue weighted by Gasteiger charge is -2.39. The molecule has 9 atom stereocenters. The van der Waals surface area contributed by atoms with Gasteiger partial charge in [-0.1, -0.05) is 12.2 Å². The van der Waals surface area contributed by atoms with Crippen molar-refractivity contribution in [2.45, 2.75) is 37.1 Å². The van der Waals surface area contributed by atoms with Crippen LogP contribution in [-0.4, -0.2) is 87.6 Å². The SMILES string of the molecule is O=C1C2C3C=CC(C3)C2C(=O)N1CCO[C@H]1O[C@H](CO)[C@H](O)[C@H](O)[C@H]1O. The van der Waals surface area contributed by atoms with Crippen LogP contribution in [0.5, 0.6) is 0 Å². The minimum absolute atomic E-state index is 0.0269. The van der Waals surface area contributed by atoms with Crippen LogP contribution in [0.25, 0.3) is 0 Å². The summed E-state index contributed by atoms with van der Waals surface area (Å²) < 4.78 is 10.6. The van der Waals surface area contributed by atoms with Gasteiger partial charge in [0.25, 0.3) is 0 Å². The summed E-state index contributed by atoms with van der Waals surface area (Å²) in [6, 6.07) is 0. The van der Waals surface area contributed by atoms with Crippen molar-refractivity contribution in [3.8, 4) is 0 Å². The van der Waals surface area contributed by atoms with Gasteiger partial charge in [-0.3, -0.25) is 14.5 Å². The van der Waals surface area contributed by atoms with Crippen LogP contribution in [0.1, 0.15) is 6.42 Å². The predicted molar refractivity (Wildman–Crippen MR) is 84.2 cm³/mol. The molecular formula is C17H23NO8. The van der Waals surface area contributed by atoms with Crippen LogP contribution in [0.4, 0.5) is 0 Å². The van der Waals surface area contributed by atoms with Gasteiger partial charge < -0.3 is 29.9 Å². The molecule has 0 spiro atoms. The average Bonchev–Trinajstić information content (AvgIpc) is 3.31. The molecule has 2 bridgehead atoms. The standard InChI is InChI=1S/C17H23NO8/c19-6-9-12(20)13(21)14(22)17(26-9)25-4-3-18-15(23)10-7-1-2-8(5-7)11(10)16(18)24/h1-2,7-14,17,19-22H,3-6H2/t7?,8?,9-,10?,11?,12+,13+,14-,17+/m1/s1. The van der Waals surface area contributed by atoms with Gasteiger partial charge in [-0.15, -0.1) is 0 Å². The molecule has 144 valence electrons. The number of allylic oxidation sites excluding steroid dienone is 2. The first-order chi connectivity index (χ1) is 12.4. The van der Waals surface area contributed by atoms with Crippen molar-refractivity contribution in [1.82, 2.24) is 4.90 Å². The zero-order valence-corrected chi connectivity index (χ0v) is 14.0. The summed E-state index contributed by atoms with van der Waals surface area (Å²) >= 11 is 0. The van der Waals surface area contributed by atoms with Crippen molar-refractivity contribution in [3.63, 3.8) is 0 Å². The highest BCUT2D eigenvalue weighted by molar-refractivity contribution is 6.06. The van der Waals surface area contributed by atoms with Gasteiger partial charge in [-0.2, -0.15) is 0 Å². The van der Waals surface area contributed by atoms with Gasteiger partial charge in [-0.05, 0) is 18.3 Å². The van der Waals surface area contributed by atoms with Crippen molar-refractivity contribution in [2.24, 2.45) is 23.7 Å². The molecule has 0 aromatic carbocycles. The number of ether oxygens (including phenoxy) is 2. The number of carbonyl (C=O) groups excluding carboxylic acids is 2. The Balaban J connectivity index is 1.34. The van der Waals surface area contributed by atoms with Gasteiger partial charge in [0.2, 0.25) is 11.8 Å². The van der Waals surface area contributed by atoms with Gasteiger partial charge in [0.05, 0.1) is 31.6 Å². The molecule has 0 aromatic rings. The topological polar surface area (TPSA) is 137 Å². The fourth-order valence-corrected chi connectivity index (χ4v) is 4.65. The molecule has 2 heterocycles. The average molecular weight is 369 g/mol. The first-order valence-electron chi connectivity index (χ1n) is 8.89. The van der Waals surface area contributed by atoms with Gasteiger partial charge >= 0.3 is 0 Å². The maximum absolute atomic E-state index is 12.6. The fraction of sp³-hybridized carbons (Fsp3) is 0.765. The number of amides is 2. The second-order valence-electron chi connectivity index (χ2n) is 7.40. The zero-order chi connectivity index (χ0) is 18.6. The third-order valence-corrected chi connectivity index (χ3v) is 6.01. The minimum Gasteiger partial charge on any atom is -0.394 e. The summed E-state index contributed by atoms with van der Waals surface area (Å²) in [5, 5.41) is 38.6. The van der Waals surface area contributed by atoms with E-state index in [2.05, 4.69) is 0 Å². The smallest absolute Gasteiger partial charge is 0.233 e. The van der Waals surface area contributed by atoms with Crippen LogP contribution in [-0.2, 0) is 19.1 Å². The first kappa shape index (κ1) is 18.0. The minimum atomic E-state index is -1.53. The molecule has 2 saturated heterocycles. The molecule has 4 rings (SSSR count). The molecule has 1 saturated carbocycles. The number of hydrogen-bond acceptors (Lipinski definition) is 8. The van der Waals surface area contributed by atoms with Crippen LogP contribution in [0, 0.1) is 23.7 Å². The highest BCUT2D eigenvalue weighted by Gasteiger charge is 2.59. The van der Waals surface area contributed by atoms with Crippen LogP contribution < -0.4 is 0 Å². The van der Waals surface area contributed by atoms with E-state index >= 15 is 0 Å². The van der Waals surface area contributed by atoms with Crippen LogP contribution in [0.15, 0.2) is 12.2 Å². The number of aliphatic hydroxyl groups excluding tert-OH is 4. The lowest BCUT2D eigenvalue weighted by Crippen LogP contribution is -2.59. The second kappa shape index (κ2) is 6.66. The summed E-state index contributed by atoms with van der Waals surface area (Å²) in [5.41, 5.74) is 0. The molecule has 2 aliphatic carbocycles. The van der Waals surface area contributed by atoms with Gasteiger partial charge in [0, 0.05) is 0 Å². The summed E-state index contributed by atoms with van der Waals surface area (Å²) in [4.78, 5) is 26.3. The summed E-state index contributed by atoms with van der Waals surface area (Å²) in [5.74, 6) is -0.645. The Morgan fingerprint density at radius 2 is 1.65 bits per heavy atom. The molecule has 4 N–H and O–H groups in total. The number of aliphatic hydroxyl groups is 4. The summed E-state index contributed by atoms with van der Waals surface area (Å²) in [6.07, 6.45) is -1.92. The zero-order valence-electron chi connectivity index (χ0n) is 14.0. The van der Waals surface area contributed by atoms with E-state index in [0.717, 1.165) is 6.42 Å². The molecular weight excluding hydrogens is 346 g/mol. The Bertz CT molecular complexity index is 592. The van der Waals surface area contributed by atoms with E-state index in [1.165, 1.54) is 4.90 Å². The van der Waals surface area contributed by atoms with E-state index in [-0.39, 0.29) is 48.6 Å². The van der Waals surface area contributed by atoms with E-state index in [1.807, 2.05) is 12.2 Å². The van der Waals surface area contributed by atoms with E-state index in [1.54, 1.807) is 0 Å². The largest absolute Gasteiger partial charge is 0.394 e. The molecule has 4 unspecified atom stereocenters. The molecule has 9 nitrogen and oxygen atoms in total. The Hall–Kier alpha value is -1.36. The number of hydrogen-bond donors (Lipinski definition) is 4. The summed E-state index contributed by atoms with van der Waals surface area (Å²) in [6.45, 7) is -0.603. The fourth-order valence-electron chi connectivity index (χ4n) is 4.65. The number of fused-ring (bicyclic) bond motifs is 5. The Labute approximate surface area is 149 Å². The quantitative estimate of drug-likeness (QED) is 0.311. The molecule has 0 aromatic heterocycles. The molecule has 2 aliphatic heterocycles. The Kier molecular flexibility index (Phi) is 4.62. The van der Waals surface area contributed by atoms with E-state index < -0.39 is 37.3 Å². The van der Waals surface area contributed by atoms with E-state index in [0.29, 0.717) is 0 Å². The lowest BCUT2D eigenvalue weighted by molar-refractivity contribution is -0.301. The van der Waals surface area contributed by atoms with Crippen LogP contribution >= 0.6 is 0 Å². The molecule has 0 radical (unpaired) electrons. The number of imide groups is 1. The number of rotatable bonds is 5. The third kappa shape index (κ3) is 2.62. The predicted octanol–water partition coefficient (Wildman–Crippen LogP) is -2.39.